The van der Waals surface area contributed by atoms with Crippen molar-refractivity contribution in [1.29, 1.82) is 0 Å². The molecule has 0 bridgehead atoms. The van der Waals surface area contributed by atoms with Crippen LogP contribution in [0.25, 0.3) is 0 Å². The van der Waals surface area contributed by atoms with Crippen molar-refractivity contribution >= 4 is 38.2 Å². The summed E-state index contributed by atoms with van der Waals surface area (Å²) in [6.07, 6.45) is 4.38. The lowest BCUT2D eigenvalue weighted by Crippen LogP contribution is -2.27. The number of carbonyl (C=O) groups is 2. The third-order valence-electron chi connectivity index (χ3n) is 5.80. The number of anilines is 1. The fraction of sp³-hybridized carbons (Fsp3) is 0.429. The number of nitrogens with one attached hydrogen (secondary N) is 1. The molecule has 1 atom stereocenters. The molecule has 160 valence electrons. The number of hydrogen-bond donors (Lipinski definition) is 2. The van der Waals surface area contributed by atoms with Crippen LogP contribution in [0.15, 0.2) is 29.2 Å². The van der Waals surface area contributed by atoms with E-state index >= 15 is 0 Å². The normalized spacial score (nSPS) is 19.4. The van der Waals surface area contributed by atoms with E-state index < -0.39 is 21.8 Å². The minimum absolute atomic E-state index is 0.180. The number of amides is 2. The SMILES string of the molecule is C[C@@H]1CCc2c(sc(NC(=O)c3ccc(S(=O)(=O)N4CCCC4)cc3)c2C(N)=O)C1. The van der Waals surface area contributed by atoms with E-state index in [1.165, 1.54) is 39.9 Å². The van der Waals surface area contributed by atoms with Crippen molar-refractivity contribution in [1.82, 2.24) is 4.31 Å². The minimum Gasteiger partial charge on any atom is -0.365 e. The van der Waals surface area contributed by atoms with Gasteiger partial charge in [-0.1, -0.05) is 6.92 Å². The Hall–Kier alpha value is -2.23. The molecule has 1 aliphatic heterocycles. The average Bonchev–Trinajstić information content (AvgIpc) is 3.36. The van der Waals surface area contributed by atoms with E-state index in [9.17, 15) is 18.0 Å². The van der Waals surface area contributed by atoms with Crippen LogP contribution in [-0.4, -0.2) is 37.6 Å². The van der Waals surface area contributed by atoms with Gasteiger partial charge in [0.25, 0.3) is 11.8 Å². The zero-order valence-electron chi connectivity index (χ0n) is 16.8. The maximum atomic E-state index is 12.8. The van der Waals surface area contributed by atoms with Crippen molar-refractivity contribution in [3.8, 4) is 0 Å². The van der Waals surface area contributed by atoms with Gasteiger partial charge in [-0.3, -0.25) is 9.59 Å². The fourth-order valence-electron chi connectivity index (χ4n) is 4.13. The molecule has 1 aromatic heterocycles. The van der Waals surface area contributed by atoms with Gasteiger partial charge in [0.15, 0.2) is 0 Å². The van der Waals surface area contributed by atoms with Gasteiger partial charge in [-0.2, -0.15) is 4.31 Å². The Kier molecular flexibility index (Phi) is 5.69. The van der Waals surface area contributed by atoms with Crippen molar-refractivity contribution in [3.05, 3.63) is 45.8 Å². The lowest BCUT2D eigenvalue weighted by Gasteiger charge is -2.18. The van der Waals surface area contributed by atoms with Gasteiger partial charge in [0.1, 0.15) is 5.00 Å². The van der Waals surface area contributed by atoms with Crippen LogP contribution in [0.5, 0.6) is 0 Å². The molecule has 0 radical (unpaired) electrons. The highest BCUT2D eigenvalue weighted by Gasteiger charge is 2.29. The summed E-state index contributed by atoms with van der Waals surface area (Å²) in [5.41, 5.74) is 7.29. The molecule has 1 saturated heterocycles. The molecule has 2 aliphatic rings. The van der Waals surface area contributed by atoms with Gasteiger partial charge in [-0.25, -0.2) is 8.42 Å². The van der Waals surface area contributed by atoms with Crippen molar-refractivity contribution in [2.24, 2.45) is 11.7 Å². The van der Waals surface area contributed by atoms with E-state index in [-0.39, 0.29) is 4.90 Å². The first-order valence-electron chi connectivity index (χ1n) is 10.1. The summed E-state index contributed by atoms with van der Waals surface area (Å²) in [6, 6.07) is 5.91. The smallest absolute Gasteiger partial charge is 0.256 e. The van der Waals surface area contributed by atoms with Crippen LogP contribution in [0.1, 0.15) is 57.3 Å². The summed E-state index contributed by atoms with van der Waals surface area (Å²) in [6.45, 7) is 3.23. The topological polar surface area (TPSA) is 110 Å². The van der Waals surface area contributed by atoms with Crippen LogP contribution in [0, 0.1) is 5.92 Å². The first-order valence-corrected chi connectivity index (χ1v) is 12.4. The van der Waals surface area contributed by atoms with Crippen LogP contribution in [0.2, 0.25) is 0 Å². The number of thiophene rings is 1. The molecule has 0 saturated carbocycles. The fourth-order valence-corrected chi connectivity index (χ4v) is 7.06. The van der Waals surface area contributed by atoms with Gasteiger partial charge >= 0.3 is 0 Å². The zero-order chi connectivity index (χ0) is 21.5. The molecule has 1 aromatic carbocycles. The molecule has 9 heteroatoms. The standard InChI is InChI=1S/C21H25N3O4S2/c1-13-4-9-16-17(12-13)29-21(18(16)19(22)25)23-20(26)14-5-7-15(8-6-14)30(27,28)24-10-2-3-11-24/h5-8,13H,2-4,9-12H2,1H3,(H2,22,25)(H,23,26)/t13-/m1/s1. The van der Waals surface area contributed by atoms with E-state index in [4.69, 9.17) is 5.73 Å². The lowest BCUT2D eigenvalue weighted by atomic mass is 9.88. The Morgan fingerprint density at radius 3 is 2.47 bits per heavy atom. The molecular weight excluding hydrogens is 422 g/mol. The van der Waals surface area contributed by atoms with Crippen molar-refractivity contribution in [2.45, 2.75) is 43.9 Å². The molecule has 2 heterocycles. The number of benzene rings is 1. The lowest BCUT2D eigenvalue weighted by molar-refractivity contribution is 0.1000. The highest BCUT2D eigenvalue weighted by molar-refractivity contribution is 7.89. The second-order valence-corrected chi connectivity index (χ2v) is 11.1. The number of sulfonamides is 1. The maximum absolute atomic E-state index is 12.8. The number of fused-ring (bicyclic) bond motifs is 1. The third-order valence-corrected chi connectivity index (χ3v) is 8.89. The van der Waals surface area contributed by atoms with Gasteiger partial charge in [0, 0.05) is 23.5 Å². The van der Waals surface area contributed by atoms with Crippen LogP contribution in [0.3, 0.4) is 0 Å². The van der Waals surface area contributed by atoms with Gasteiger partial charge in [-0.05, 0) is 67.9 Å². The van der Waals surface area contributed by atoms with Crippen LogP contribution in [0.4, 0.5) is 5.00 Å². The average molecular weight is 448 g/mol. The molecule has 2 amide bonds. The Balaban J connectivity index is 1.55. The maximum Gasteiger partial charge on any atom is 0.256 e. The quantitative estimate of drug-likeness (QED) is 0.734. The monoisotopic (exact) mass is 447 g/mol. The molecule has 2 aromatic rings. The number of nitrogens with zero attached hydrogens (tertiary/aromatic N) is 1. The van der Waals surface area contributed by atoms with Crippen molar-refractivity contribution in [3.63, 3.8) is 0 Å². The van der Waals surface area contributed by atoms with Gasteiger partial charge < -0.3 is 11.1 Å². The molecular formula is C21H25N3O4S2. The third kappa shape index (κ3) is 3.89. The van der Waals surface area contributed by atoms with Gasteiger partial charge in [-0.15, -0.1) is 11.3 Å². The second-order valence-electron chi connectivity index (χ2n) is 8.01. The molecule has 7 nitrogen and oxygen atoms in total. The van der Waals surface area contributed by atoms with Crippen molar-refractivity contribution < 1.29 is 18.0 Å². The Labute approximate surface area is 180 Å². The van der Waals surface area contributed by atoms with Crippen LogP contribution >= 0.6 is 11.3 Å². The summed E-state index contributed by atoms with van der Waals surface area (Å²) in [7, 11) is -3.52. The molecule has 0 unspecified atom stereocenters. The summed E-state index contributed by atoms with van der Waals surface area (Å²) in [5.74, 6) is -0.399. The first kappa shape index (κ1) is 21.0. The summed E-state index contributed by atoms with van der Waals surface area (Å²) < 4.78 is 26.8. The van der Waals surface area contributed by atoms with Crippen LogP contribution in [-0.2, 0) is 22.9 Å². The molecule has 1 aliphatic carbocycles. The number of carbonyl (C=O) groups excluding carboxylic acids is 2. The number of primary amides is 1. The zero-order valence-corrected chi connectivity index (χ0v) is 18.4. The highest BCUT2D eigenvalue weighted by atomic mass is 32.2. The van der Waals surface area contributed by atoms with Crippen molar-refractivity contribution in [2.75, 3.05) is 18.4 Å². The molecule has 0 spiro atoms. The van der Waals surface area contributed by atoms with Gasteiger partial charge in [0.05, 0.1) is 10.5 Å². The van der Waals surface area contributed by atoms with E-state index in [0.29, 0.717) is 35.1 Å². The summed E-state index contributed by atoms with van der Waals surface area (Å²) >= 11 is 1.41. The highest BCUT2D eigenvalue weighted by Crippen LogP contribution is 2.39. The number of nitrogens with two attached hydrogens (primary N) is 1. The Bertz CT molecular complexity index is 1080. The largest absolute Gasteiger partial charge is 0.365 e. The first-order chi connectivity index (χ1) is 14.3. The Morgan fingerprint density at radius 2 is 1.83 bits per heavy atom. The predicted octanol–water partition coefficient (Wildman–Crippen LogP) is 3.01. The van der Waals surface area contributed by atoms with E-state index in [1.54, 1.807) is 0 Å². The summed E-state index contributed by atoms with van der Waals surface area (Å²) in [5, 5.41) is 3.28. The molecule has 30 heavy (non-hydrogen) atoms. The number of rotatable bonds is 5. The molecule has 3 N–H and O–H groups in total. The molecule has 1 fully saturated rings. The summed E-state index contributed by atoms with van der Waals surface area (Å²) in [4.78, 5) is 26.1. The molecule has 4 rings (SSSR count). The Morgan fingerprint density at radius 1 is 1.17 bits per heavy atom. The number of hydrogen-bond acceptors (Lipinski definition) is 5. The van der Waals surface area contributed by atoms with Gasteiger partial charge in [0.2, 0.25) is 10.0 Å². The van der Waals surface area contributed by atoms with Crippen LogP contribution < -0.4 is 11.1 Å². The van der Waals surface area contributed by atoms with E-state index in [2.05, 4.69) is 12.2 Å². The second kappa shape index (κ2) is 8.13. The minimum atomic E-state index is -3.52. The van der Waals surface area contributed by atoms with E-state index in [0.717, 1.165) is 42.5 Å². The predicted molar refractivity (Wildman–Crippen MR) is 116 cm³/mol. The van der Waals surface area contributed by atoms with E-state index in [1.807, 2.05) is 0 Å².